The molecule has 3 aliphatic carbocycles. The summed E-state index contributed by atoms with van der Waals surface area (Å²) in [5.41, 5.74) is 1.04. The Balaban J connectivity index is 1.15. The van der Waals surface area contributed by atoms with E-state index in [-0.39, 0.29) is 41.9 Å². The molecule has 4 unspecified atom stereocenters. The van der Waals surface area contributed by atoms with Gasteiger partial charge in [-0.15, -0.1) is 0 Å². The number of rotatable bonds is 12. The number of aliphatic hydroxyl groups is 1. The Hall–Kier alpha value is -1.97. The lowest BCUT2D eigenvalue weighted by molar-refractivity contribution is -0.125. The first-order valence-corrected chi connectivity index (χ1v) is 17.7. The predicted octanol–water partition coefficient (Wildman–Crippen LogP) is 6.08. The number of benzene rings is 1. The van der Waals surface area contributed by atoms with E-state index in [1.54, 1.807) is 0 Å². The van der Waals surface area contributed by atoms with Crippen molar-refractivity contribution in [2.45, 2.75) is 126 Å². The lowest BCUT2D eigenvalue weighted by Crippen LogP contribution is -2.45. The quantitative estimate of drug-likeness (QED) is 0.207. The highest BCUT2D eigenvalue weighted by Crippen LogP contribution is 2.40. The SMILES string of the molecule is O=C(NS[C@@H](CC1CCCCC1)C(=O)NC(CO)CC1CC2(CCCC2)NC1=O)OC1CCCC1Cc1cccc(Cl)c1. The number of halogens is 1. The molecular weight excluding hydrogens is 586 g/mol. The largest absolute Gasteiger partial charge is 0.445 e. The van der Waals surface area contributed by atoms with Crippen molar-refractivity contribution >= 4 is 41.5 Å². The van der Waals surface area contributed by atoms with Crippen LogP contribution in [0, 0.1) is 17.8 Å². The van der Waals surface area contributed by atoms with Gasteiger partial charge in [-0.3, -0.25) is 14.3 Å². The molecule has 1 aromatic carbocycles. The van der Waals surface area contributed by atoms with Crippen molar-refractivity contribution in [3.05, 3.63) is 34.9 Å². The maximum Gasteiger partial charge on any atom is 0.417 e. The summed E-state index contributed by atoms with van der Waals surface area (Å²) in [4.78, 5) is 39.3. The number of hydrogen-bond acceptors (Lipinski definition) is 6. The van der Waals surface area contributed by atoms with E-state index >= 15 is 0 Å². The van der Waals surface area contributed by atoms with Crippen molar-refractivity contribution in [1.82, 2.24) is 15.4 Å². The van der Waals surface area contributed by atoms with Crippen LogP contribution < -0.4 is 15.4 Å². The number of ether oxygens (including phenoxy) is 1. The van der Waals surface area contributed by atoms with E-state index in [1.807, 2.05) is 18.2 Å². The lowest BCUT2D eigenvalue weighted by Gasteiger charge is -2.28. The van der Waals surface area contributed by atoms with Crippen LogP contribution in [0.1, 0.15) is 102 Å². The van der Waals surface area contributed by atoms with E-state index in [2.05, 4.69) is 21.4 Å². The molecule has 5 atom stereocenters. The summed E-state index contributed by atoms with van der Waals surface area (Å²) < 4.78 is 8.70. The highest BCUT2D eigenvalue weighted by molar-refractivity contribution is 7.99. The molecule has 4 fully saturated rings. The van der Waals surface area contributed by atoms with Crippen LogP contribution in [0.2, 0.25) is 5.02 Å². The number of carbonyl (C=O) groups excluding carboxylic acids is 3. The molecule has 1 heterocycles. The zero-order valence-corrected chi connectivity index (χ0v) is 26.7. The monoisotopic (exact) mass is 633 g/mol. The molecule has 4 N–H and O–H groups in total. The van der Waals surface area contributed by atoms with Gasteiger partial charge in [0.1, 0.15) is 11.4 Å². The maximum atomic E-state index is 13.6. The molecule has 10 heteroatoms. The van der Waals surface area contributed by atoms with Gasteiger partial charge in [-0.25, -0.2) is 4.79 Å². The maximum absolute atomic E-state index is 13.6. The van der Waals surface area contributed by atoms with Gasteiger partial charge in [0, 0.05) is 22.4 Å². The van der Waals surface area contributed by atoms with E-state index in [1.165, 1.54) is 6.42 Å². The molecule has 3 saturated carbocycles. The van der Waals surface area contributed by atoms with Gasteiger partial charge in [0.15, 0.2) is 0 Å². The molecule has 43 heavy (non-hydrogen) atoms. The fourth-order valence-electron chi connectivity index (χ4n) is 7.94. The van der Waals surface area contributed by atoms with E-state index in [0.29, 0.717) is 23.8 Å². The minimum atomic E-state index is -0.516. The summed E-state index contributed by atoms with van der Waals surface area (Å²) in [7, 11) is 0. The standard InChI is InChI=1S/C33H48ClN3O5S/c34-26-12-6-10-23(17-26)16-24-11-7-13-28(24)42-32(41)37-43-29(18-22-8-2-1-3-9-22)31(40)35-27(21-38)19-25-20-33(36-30(25)39)14-4-5-15-33/h6,10,12,17,22,24-25,27-29,38H,1-5,7-9,11,13-16,18-21H2,(H,35,40)(H,36,39)(H,37,41)/t24?,25?,27?,28?,29-/m0/s1. The van der Waals surface area contributed by atoms with Crippen molar-refractivity contribution in [3.8, 4) is 0 Å². The van der Waals surface area contributed by atoms with Crippen LogP contribution in [0.5, 0.6) is 0 Å². The summed E-state index contributed by atoms with van der Waals surface area (Å²) in [5, 5.41) is 16.6. The Kier molecular flexibility index (Phi) is 11.6. The topological polar surface area (TPSA) is 117 Å². The molecule has 0 radical (unpaired) electrons. The minimum Gasteiger partial charge on any atom is -0.445 e. The molecular formula is C33H48ClN3O5S. The van der Waals surface area contributed by atoms with E-state index in [4.69, 9.17) is 16.3 Å². The van der Waals surface area contributed by atoms with Gasteiger partial charge < -0.3 is 20.5 Å². The molecule has 1 spiro atoms. The van der Waals surface area contributed by atoms with Crippen LogP contribution in [0.25, 0.3) is 0 Å². The normalized spacial score (nSPS) is 26.7. The molecule has 4 aliphatic rings. The Morgan fingerprint density at radius 3 is 2.60 bits per heavy atom. The third-order valence-electron chi connectivity index (χ3n) is 10.2. The molecule has 3 amide bonds. The number of carbonyl (C=O) groups is 3. The van der Waals surface area contributed by atoms with Gasteiger partial charge in [0.2, 0.25) is 11.8 Å². The number of aliphatic hydroxyl groups excluding tert-OH is 1. The van der Waals surface area contributed by atoms with Crippen LogP contribution in [0.3, 0.4) is 0 Å². The molecule has 1 aromatic rings. The number of amides is 3. The lowest BCUT2D eigenvalue weighted by atomic mass is 9.86. The molecule has 1 saturated heterocycles. The van der Waals surface area contributed by atoms with Gasteiger partial charge in [-0.05, 0) is 93.3 Å². The molecule has 5 rings (SSSR count). The van der Waals surface area contributed by atoms with E-state index in [0.717, 1.165) is 101 Å². The van der Waals surface area contributed by atoms with Gasteiger partial charge in [0.05, 0.1) is 12.6 Å². The zero-order chi connectivity index (χ0) is 30.2. The van der Waals surface area contributed by atoms with Crippen molar-refractivity contribution in [2.75, 3.05) is 6.61 Å². The van der Waals surface area contributed by atoms with Crippen molar-refractivity contribution in [2.24, 2.45) is 17.8 Å². The van der Waals surface area contributed by atoms with Gasteiger partial charge in [0.25, 0.3) is 0 Å². The van der Waals surface area contributed by atoms with E-state index < -0.39 is 17.4 Å². The van der Waals surface area contributed by atoms with Gasteiger partial charge >= 0.3 is 6.09 Å². The molecule has 0 bridgehead atoms. The second kappa shape index (κ2) is 15.3. The molecule has 8 nitrogen and oxygen atoms in total. The molecule has 238 valence electrons. The minimum absolute atomic E-state index is 0.0349. The van der Waals surface area contributed by atoms with Crippen molar-refractivity contribution in [1.29, 1.82) is 0 Å². The molecule has 1 aliphatic heterocycles. The van der Waals surface area contributed by atoms with Crippen LogP contribution in [0.15, 0.2) is 24.3 Å². The second-order valence-corrected chi connectivity index (χ2v) is 14.9. The second-order valence-electron chi connectivity index (χ2n) is 13.4. The summed E-state index contributed by atoms with van der Waals surface area (Å²) in [5.74, 6) is 0.273. The van der Waals surface area contributed by atoms with Gasteiger partial charge in [-0.2, -0.15) is 0 Å². The van der Waals surface area contributed by atoms with Crippen molar-refractivity contribution < 1.29 is 24.2 Å². The Morgan fingerprint density at radius 1 is 1.07 bits per heavy atom. The third-order valence-corrected chi connectivity index (χ3v) is 11.4. The predicted molar refractivity (Wildman–Crippen MR) is 170 cm³/mol. The summed E-state index contributed by atoms with van der Waals surface area (Å²) in [6.45, 7) is -0.228. The van der Waals surface area contributed by atoms with Crippen LogP contribution in [-0.4, -0.2) is 52.6 Å². The first kappa shape index (κ1) is 32.4. The summed E-state index contributed by atoms with van der Waals surface area (Å²) in [6.07, 6.45) is 14.8. The zero-order valence-electron chi connectivity index (χ0n) is 25.2. The highest BCUT2D eigenvalue weighted by atomic mass is 35.5. The molecule has 0 aromatic heterocycles. The first-order chi connectivity index (χ1) is 20.8. The van der Waals surface area contributed by atoms with Crippen LogP contribution in [0.4, 0.5) is 4.79 Å². The van der Waals surface area contributed by atoms with Crippen LogP contribution >= 0.6 is 23.5 Å². The fourth-order valence-corrected chi connectivity index (χ4v) is 8.98. The average Bonchev–Trinajstić information content (AvgIpc) is 3.71. The van der Waals surface area contributed by atoms with E-state index in [9.17, 15) is 19.5 Å². The average molecular weight is 634 g/mol. The Morgan fingerprint density at radius 2 is 1.86 bits per heavy atom. The van der Waals surface area contributed by atoms with Gasteiger partial charge in [-0.1, -0.05) is 68.7 Å². The Labute approximate surface area is 265 Å². The summed E-state index contributed by atoms with van der Waals surface area (Å²) in [6, 6.07) is 7.31. The smallest absolute Gasteiger partial charge is 0.417 e. The third kappa shape index (κ3) is 9.04. The Bertz CT molecular complexity index is 1110. The van der Waals surface area contributed by atoms with Crippen molar-refractivity contribution in [3.63, 3.8) is 0 Å². The number of hydrogen-bond donors (Lipinski definition) is 4. The van der Waals surface area contributed by atoms with Crippen LogP contribution in [-0.2, 0) is 20.7 Å². The summed E-state index contributed by atoms with van der Waals surface area (Å²) >= 11 is 7.29. The first-order valence-electron chi connectivity index (χ1n) is 16.4. The highest BCUT2D eigenvalue weighted by Gasteiger charge is 2.46. The number of nitrogens with one attached hydrogen (secondary N) is 3. The fraction of sp³-hybridized carbons (Fsp3) is 0.727.